The molecule has 3 rings (SSSR count). The van der Waals surface area contributed by atoms with Crippen LogP contribution in [0.2, 0.25) is 0 Å². The molecule has 0 spiro atoms. The number of anilines is 1. The molecule has 4 nitrogen and oxygen atoms in total. The Hall–Kier alpha value is -2.28. The molecule has 33 heavy (non-hydrogen) atoms. The second kappa shape index (κ2) is 10.3. The van der Waals surface area contributed by atoms with Crippen molar-refractivity contribution in [3.63, 3.8) is 0 Å². The van der Waals surface area contributed by atoms with Crippen LogP contribution in [0.1, 0.15) is 63.6 Å². The van der Waals surface area contributed by atoms with Gasteiger partial charge in [-0.3, -0.25) is 4.79 Å². The molecule has 182 valence electrons. The van der Waals surface area contributed by atoms with Gasteiger partial charge in [0.25, 0.3) is 5.91 Å². The number of rotatable bonds is 5. The van der Waals surface area contributed by atoms with E-state index < -0.39 is 12.7 Å². The van der Waals surface area contributed by atoms with Gasteiger partial charge in [0, 0.05) is 31.0 Å². The summed E-state index contributed by atoms with van der Waals surface area (Å²) >= 11 is 0. The summed E-state index contributed by atoms with van der Waals surface area (Å²) in [6, 6.07) is 3.59. The molecule has 2 N–H and O–H groups in total. The van der Waals surface area contributed by atoms with Crippen molar-refractivity contribution in [2.24, 2.45) is 5.92 Å². The fourth-order valence-corrected chi connectivity index (χ4v) is 4.41. The van der Waals surface area contributed by atoms with E-state index in [1.807, 2.05) is 25.1 Å². The number of carbonyl (C=O) groups excluding carboxylic acids is 1. The summed E-state index contributed by atoms with van der Waals surface area (Å²) in [6.45, 7) is 9.19. The first-order valence-electron chi connectivity index (χ1n) is 11.7. The number of fused-ring (bicyclic) bond motifs is 1. The minimum atomic E-state index is -4.29. The molecular formula is C26H35F3N2O2. The summed E-state index contributed by atoms with van der Waals surface area (Å²) in [6.07, 6.45) is 2.74. The summed E-state index contributed by atoms with van der Waals surface area (Å²) in [5.74, 6) is 0.333. The van der Waals surface area contributed by atoms with Crippen LogP contribution in [0.15, 0.2) is 29.4 Å². The summed E-state index contributed by atoms with van der Waals surface area (Å²) < 4.78 is 43.8. The molecular weight excluding hydrogens is 429 g/mol. The number of amides is 1. The van der Waals surface area contributed by atoms with E-state index in [9.17, 15) is 18.0 Å². The van der Waals surface area contributed by atoms with Crippen LogP contribution in [-0.2, 0) is 21.4 Å². The van der Waals surface area contributed by atoms with Gasteiger partial charge in [0.05, 0.1) is 0 Å². The molecule has 2 aliphatic rings. The minimum Gasteiger partial charge on any atom is -0.381 e. The second-order valence-corrected chi connectivity index (χ2v) is 10.1. The maximum atomic E-state index is 12.9. The van der Waals surface area contributed by atoms with Gasteiger partial charge < -0.3 is 15.4 Å². The maximum absolute atomic E-state index is 12.9. The number of benzene rings is 1. The van der Waals surface area contributed by atoms with Gasteiger partial charge in [-0.1, -0.05) is 32.4 Å². The molecule has 7 heteroatoms. The first-order chi connectivity index (χ1) is 15.4. The van der Waals surface area contributed by atoms with Crippen molar-refractivity contribution in [2.75, 3.05) is 31.6 Å². The molecule has 1 aliphatic heterocycles. The van der Waals surface area contributed by atoms with Gasteiger partial charge in [-0.25, -0.2) is 0 Å². The minimum absolute atomic E-state index is 0.0962. The second-order valence-electron chi connectivity index (χ2n) is 10.1. The lowest BCUT2D eigenvalue weighted by molar-refractivity contribution is -0.117. The van der Waals surface area contributed by atoms with E-state index in [4.69, 9.17) is 4.74 Å². The molecule has 1 amide bonds. The van der Waals surface area contributed by atoms with Crippen LogP contribution in [-0.4, -0.2) is 38.4 Å². The Balaban J connectivity index is 1.85. The predicted octanol–water partition coefficient (Wildman–Crippen LogP) is 5.78. The van der Waals surface area contributed by atoms with Crippen molar-refractivity contribution in [3.05, 3.63) is 46.0 Å². The Morgan fingerprint density at radius 1 is 1.09 bits per heavy atom. The highest BCUT2D eigenvalue weighted by Crippen LogP contribution is 2.35. The van der Waals surface area contributed by atoms with Crippen LogP contribution in [0.4, 0.5) is 18.9 Å². The van der Waals surface area contributed by atoms with E-state index in [-0.39, 0.29) is 11.3 Å². The van der Waals surface area contributed by atoms with Crippen molar-refractivity contribution < 1.29 is 22.7 Å². The average molecular weight is 465 g/mol. The van der Waals surface area contributed by atoms with Gasteiger partial charge in [0.15, 0.2) is 0 Å². The monoisotopic (exact) mass is 464 g/mol. The Morgan fingerprint density at radius 3 is 2.42 bits per heavy atom. The van der Waals surface area contributed by atoms with Crippen molar-refractivity contribution in [1.82, 2.24) is 5.32 Å². The highest BCUT2D eigenvalue weighted by Gasteiger charge is 2.28. The number of allylic oxidation sites excluding steroid dienone is 1. The molecule has 0 saturated carbocycles. The van der Waals surface area contributed by atoms with E-state index >= 15 is 0 Å². The highest BCUT2D eigenvalue weighted by atomic mass is 19.4. The number of carbonyl (C=O) groups is 1. The largest absolute Gasteiger partial charge is 0.405 e. The lowest BCUT2D eigenvalue weighted by atomic mass is 9.79. The van der Waals surface area contributed by atoms with Gasteiger partial charge in [0.1, 0.15) is 6.54 Å². The van der Waals surface area contributed by atoms with Crippen molar-refractivity contribution in [3.8, 4) is 0 Å². The van der Waals surface area contributed by atoms with Gasteiger partial charge in [0.2, 0.25) is 0 Å². The van der Waals surface area contributed by atoms with Crippen LogP contribution in [0.3, 0.4) is 0 Å². The zero-order valence-corrected chi connectivity index (χ0v) is 20.0. The molecule has 1 aliphatic carbocycles. The number of nitrogens with one attached hydrogen (secondary N) is 2. The van der Waals surface area contributed by atoms with E-state index in [2.05, 4.69) is 31.4 Å². The molecule has 1 saturated heterocycles. The molecule has 0 bridgehead atoms. The maximum Gasteiger partial charge on any atom is 0.405 e. The van der Waals surface area contributed by atoms with Crippen LogP contribution < -0.4 is 10.6 Å². The first-order valence-corrected chi connectivity index (χ1v) is 11.7. The summed E-state index contributed by atoms with van der Waals surface area (Å²) in [5, 5.41) is 5.59. The van der Waals surface area contributed by atoms with Crippen molar-refractivity contribution in [1.29, 1.82) is 0 Å². The summed E-state index contributed by atoms with van der Waals surface area (Å²) in [7, 11) is 0. The van der Waals surface area contributed by atoms with E-state index in [1.54, 1.807) is 6.07 Å². The zero-order chi connectivity index (χ0) is 24.2. The van der Waals surface area contributed by atoms with Crippen LogP contribution in [0.25, 0.3) is 6.08 Å². The summed E-state index contributed by atoms with van der Waals surface area (Å²) in [5.41, 5.74) is 4.86. The third kappa shape index (κ3) is 7.10. The average Bonchev–Trinajstić information content (AvgIpc) is 2.73. The van der Waals surface area contributed by atoms with E-state index in [1.165, 1.54) is 0 Å². The quantitative estimate of drug-likeness (QED) is 0.581. The topological polar surface area (TPSA) is 50.4 Å². The normalized spacial score (nSPS) is 21.1. The molecule has 1 aromatic rings. The number of hydrogen-bond donors (Lipinski definition) is 2. The third-order valence-corrected chi connectivity index (χ3v) is 6.36. The predicted molar refractivity (Wildman–Crippen MR) is 126 cm³/mol. The van der Waals surface area contributed by atoms with Crippen LogP contribution in [0.5, 0.6) is 0 Å². The van der Waals surface area contributed by atoms with Crippen LogP contribution >= 0.6 is 0 Å². The number of alkyl halides is 3. The number of halogens is 3. The van der Waals surface area contributed by atoms with E-state index in [0.29, 0.717) is 23.7 Å². The third-order valence-electron chi connectivity index (χ3n) is 6.36. The fourth-order valence-electron chi connectivity index (χ4n) is 4.41. The SMILES string of the molecule is C/C1=C(C(=O)NCC2CCOCC2)\C=C/c2cc(NCC(F)(F)F)cc(C(C)(C)C)c2CC1. The fraction of sp³-hybridized carbons (Fsp3) is 0.577. The lowest BCUT2D eigenvalue weighted by Gasteiger charge is -2.27. The zero-order valence-electron chi connectivity index (χ0n) is 20.0. The van der Waals surface area contributed by atoms with E-state index in [0.717, 1.165) is 61.2 Å². The Bertz CT molecular complexity index is 921. The Kier molecular flexibility index (Phi) is 7.93. The van der Waals surface area contributed by atoms with Gasteiger partial charge in [-0.15, -0.1) is 0 Å². The molecule has 0 radical (unpaired) electrons. The highest BCUT2D eigenvalue weighted by molar-refractivity contribution is 5.98. The Morgan fingerprint density at radius 2 is 1.79 bits per heavy atom. The molecule has 0 aromatic heterocycles. The van der Waals surface area contributed by atoms with Gasteiger partial charge in [-0.2, -0.15) is 13.2 Å². The lowest BCUT2D eigenvalue weighted by Crippen LogP contribution is -2.33. The number of ether oxygens (including phenoxy) is 1. The van der Waals surface area contributed by atoms with Gasteiger partial charge >= 0.3 is 6.18 Å². The van der Waals surface area contributed by atoms with Crippen molar-refractivity contribution in [2.45, 2.75) is 65.0 Å². The smallest absolute Gasteiger partial charge is 0.381 e. The molecule has 1 aromatic carbocycles. The van der Waals surface area contributed by atoms with Gasteiger partial charge in [-0.05, 0) is 78.8 Å². The molecule has 0 atom stereocenters. The first kappa shape index (κ1) is 25.3. The molecule has 1 fully saturated rings. The van der Waals surface area contributed by atoms with Crippen molar-refractivity contribution >= 4 is 17.7 Å². The summed E-state index contributed by atoms with van der Waals surface area (Å²) in [4.78, 5) is 12.9. The Labute approximate surface area is 194 Å². The molecule has 1 heterocycles. The van der Waals surface area contributed by atoms with Crippen LogP contribution in [0, 0.1) is 5.92 Å². The molecule has 0 unspecified atom stereocenters. The standard InChI is InChI=1S/C26H35F3N2O2/c1-17-5-7-22-19(6-8-21(17)24(32)30-15-18-9-11-33-12-10-18)13-20(31-16-26(27,28)29)14-23(22)25(2,3)4/h6,8,13-14,18,31H,5,7,9-12,15-16H2,1-4H3,(H,30,32)/b8-6-,21-17-. The number of hydrogen-bond acceptors (Lipinski definition) is 3.